The van der Waals surface area contributed by atoms with Gasteiger partial charge >= 0.3 is 5.65 Å². The van der Waals surface area contributed by atoms with Crippen LogP contribution in [0.1, 0.15) is 0 Å². The molecular weight excluding hydrogens is 410 g/mol. The molecule has 0 aliphatic carbocycles. The molecule has 1 fully saturated rings. The summed E-state index contributed by atoms with van der Waals surface area (Å²) in [6.07, 6.45) is -2.72. The van der Waals surface area contributed by atoms with Gasteiger partial charge < -0.3 is 30.4 Å². The number of aliphatic hydroxyl groups is 3. The fourth-order valence-electron chi connectivity index (χ4n) is 3.11. The summed E-state index contributed by atoms with van der Waals surface area (Å²) in [6.45, 7) is -0.517. The van der Waals surface area contributed by atoms with Crippen molar-refractivity contribution < 1.29 is 37.4 Å². The number of ether oxygens (including phenoxy) is 1. The van der Waals surface area contributed by atoms with E-state index in [2.05, 4.69) is 20.3 Å². The van der Waals surface area contributed by atoms with Crippen LogP contribution >= 0.6 is 0 Å². The molecule has 0 saturated carbocycles. The average molecular weight is 426 g/mol. The quantitative estimate of drug-likeness (QED) is 0.143. The third-order valence-corrected chi connectivity index (χ3v) is 5.40. The average Bonchev–Trinajstić information content (AvgIpc) is 2.95. The van der Waals surface area contributed by atoms with Crippen LogP contribution in [0.5, 0.6) is 0 Å². The zero-order valence-electron chi connectivity index (χ0n) is 14.5. The molecule has 0 radical (unpaired) electrons. The lowest BCUT2D eigenvalue weighted by Crippen LogP contribution is -2.37. The van der Waals surface area contributed by atoms with Crippen molar-refractivity contribution in [3.63, 3.8) is 0 Å². The Balaban J connectivity index is 1.86. The Morgan fingerprint density at radius 2 is 2.00 bits per heavy atom. The Bertz CT molecular complexity index is 1260. The lowest BCUT2D eigenvalue weighted by molar-refractivity contribution is -0.487. The molecule has 3 aromatic heterocycles. The number of H-pyrrole nitrogens is 1. The maximum atomic E-state index is 12.4. The van der Waals surface area contributed by atoms with Gasteiger partial charge in [-0.05, 0) is 17.1 Å². The van der Waals surface area contributed by atoms with E-state index in [9.17, 15) is 33.1 Å². The SMILES string of the molecule is O=c1[nH]c2c(NC3OC(CO)C(O)C3O)ncnc2[n+]2cc(S(=O)(=O)O)ccc12. The second-order valence-electron chi connectivity index (χ2n) is 6.37. The molecule has 14 heteroatoms. The number of aliphatic hydroxyl groups excluding tert-OH is 3. The Hall–Kier alpha value is -2.75. The summed E-state index contributed by atoms with van der Waals surface area (Å²) in [6, 6.07) is 2.29. The molecule has 1 aliphatic rings. The first-order valence-corrected chi connectivity index (χ1v) is 9.73. The summed E-state index contributed by atoms with van der Waals surface area (Å²) < 4.78 is 38.7. The highest BCUT2D eigenvalue weighted by Crippen LogP contribution is 2.24. The topological polar surface area (TPSA) is 199 Å². The van der Waals surface area contributed by atoms with Gasteiger partial charge in [-0.1, -0.05) is 0 Å². The van der Waals surface area contributed by atoms with Gasteiger partial charge in [-0.2, -0.15) is 17.8 Å². The Morgan fingerprint density at radius 3 is 2.66 bits per heavy atom. The molecule has 0 spiro atoms. The van der Waals surface area contributed by atoms with Crippen molar-refractivity contribution in [1.29, 1.82) is 0 Å². The van der Waals surface area contributed by atoms with Gasteiger partial charge in [-0.25, -0.2) is 0 Å². The summed E-state index contributed by atoms with van der Waals surface area (Å²) in [7, 11) is -4.52. The van der Waals surface area contributed by atoms with Crippen LogP contribution in [0, 0.1) is 0 Å². The molecule has 0 amide bonds. The summed E-state index contributed by atoms with van der Waals surface area (Å²) >= 11 is 0. The minimum absolute atomic E-state index is 0.0219. The van der Waals surface area contributed by atoms with Gasteiger partial charge in [0.15, 0.2) is 23.1 Å². The van der Waals surface area contributed by atoms with Crippen molar-refractivity contribution in [3.8, 4) is 0 Å². The highest BCUT2D eigenvalue weighted by molar-refractivity contribution is 7.85. The van der Waals surface area contributed by atoms with Crippen LogP contribution in [0.4, 0.5) is 5.82 Å². The van der Waals surface area contributed by atoms with Crippen LogP contribution in [-0.4, -0.2) is 74.4 Å². The number of aromatic amines is 1. The molecule has 1 saturated heterocycles. The van der Waals surface area contributed by atoms with E-state index < -0.39 is 51.7 Å². The van der Waals surface area contributed by atoms with E-state index in [1.165, 1.54) is 10.5 Å². The maximum absolute atomic E-state index is 12.4. The number of nitrogens with zero attached hydrogens (tertiary/aromatic N) is 3. The molecule has 4 rings (SSSR count). The van der Waals surface area contributed by atoms with E-state index in [-0.39, 0.29) is 22.5 Å². The van der Waals surface area contributed by atoms with E-state index in [4.69, 9.17) is 4.74 Å². The largest absolute Gasteiger partial charge is 0.394 e. The molecule has 6 N–H and O–H groups in total. The minimum Gasteiger partial charge on any atom is -0.394 e. The number of pyridine rings is 1. The van der Waals surface area contributed by atoms with E-state index >= 15 is 0 Å². The van der Waals surface area contributed by atoms with Crippen LogP contribution in [0.25, 0.3) is 16.7 Å². The zero-order valence-corrected chi connectivity index (χ0v) is 15.3. The first-order valence-electron chi connectivity index (χ1n) is 8.29. The number of hydrogen-bond donors (Lipinski definition) is 6. The van der Waals surface area contributed by atoms with Crippen LogP contribution in [0.2, 0.25) is 0 Å². The van der Waals surface area contributed by atoms with Gasteiger partial charge in [0.1, 0.15) is 29.4 Å². The molecule has 13 nitrogen and oxygen atoms in total. The number of nitrogens with one attached hydrogen (secondary N) is 2. The molecule has 4 heterocycles. The lowest BCUT2D eigenvalue weighted by atomic mass is 10.1. The van der Waals surface area contributed by atoms with Crippen LogP contribution < -0.4 is 15.3 Å². The number of anilines is 1. The summed E-state index contributed by atoms with van der Waals surface area (Å²) in [5.74, 6) is 0.0219. The third kappa shape index (κ3) is 3.31. The molecule has 29 heavy (non-hydrogen) atoms. The smallest absolute Gasteiger partial charge is 0.357 e. The number of rotatable bonds is 4. The first kappa shape index (κ1) is 19.6. The van der Waals surface area contributed by atoms with Crippen LogP contribution in [0.15, 0.2) is 34.3 Å². The number of hydrogen-bond acceptors (Lipinski definition) is 10. The lowest BCUT2D eigenvalue weighted by Gasteiger charge is -2.16. The zero-order chi connectivity index (χ0) is 20.9. The van der Waals surface area contributed by atoms with Crippen molar-refractivity contribution in [2.45, 2.75) is 29.4 Å². The summed E-state index contributed by atoms with van der Waals surface area (Å²) in [5, 5.41) is 31.8. The van der Waals surface area contributed by atoms with E-state index in [1.807, 2.05) is 0 Å². The fraction of sp³-hybridized carbons (Fsp3) is 0.333. The van der Waals surface area contributed by atoms with Crippen molar-refractivity contribution >= 4 is 32.6 Å². The highest BCUT2D eigenvalue weighted by atomic mass is 32.2. The van der Waals surface area contributed by atoms with E-state index in [0.29, 0.717) is 0 Å². The maximum Gasteiger partial charge on any atom is 0.357 e. The molecule has 3 aromatic rings. The van der Waals surface area contributed by atoms with Crippen LogP contribution in [-0.2, 0) is 14.9 Å². The Kier molecular flexibility index (Phi) is 4.68. The first-order chi connectivity index (χ1) is 13.7. The predicted octanol–water partition coefficient (Wildman–Crippen LogP) is -2.85. The van der Waals surface area contributed by atoms with E-state index in [0.717, 1.165) is 18.6 Å². The van der Waals surface area contributed by atoms with Crippen molar-refractivity contribution in [2.75, 3.05) is 11.9 Å². The molecule has 0 aromatic carbocycles. The monoisotopic (exact) mass is 426 g/mol. The normalized spacial score (nSPS) is 25.0. The van der Waals surface area contributed by atoms with Gasteiger partial charge in [-0.3, -0.25) is 9.35 Å². The standard InChI is InChI=1S/C15H15N5O8S/c21-4-8-10(22)11(23)15(28-8)19-12-9-13(17-5-16-12)20-3-6(29(25,26)27)1-2-7(20)14(24)18-9/h1-3,5,8,10-11,15,21-23H,4H2,(H2,24,25,26,27)/p+1. The van der Waals surface area contributed by atoms with E-state index in [1.54, 1.807) is 0 Å². The van der Waals surface area contributed by atoms with Crippen molar-refractivity contribution in [2.24, 2.45) is 0 Å². The summed E-state index contributed by atoms with van der Waals surface area (Å²) in [4.78, 5) is 22.6. The summed E-state index contributed by atoms with van der Waals surface area (Å²) in [5.41, 5.74) is -0.393. The van der Waals surface area contributed by atoms with Crippen molar-refractivity contribution in [1.82, 2.24) is 15.0 Å². The predicted molar refractivity (Wildman–Crippen MR) is 94.5 cm³/mol. The van der Waals surface area contributed by atoms with Crippen molar-refractivity contribution in [3.05, 3.63) is 35.0 Å². The minimum atomic E-state index is -4.52. The second kappa shape index (κ2) is 6.94. The van der Waals surface area contributed by atoms with Gasteiger partial charge in [0.25, 0.3) is 15.7 Å². The fourth-order valence-corrected chi connectivity index (χ4v) is 3.59. The molecule has 0 bridgehead atoms. The van der Waals surface area contributed by atoms with Gasteiger partial charge in [-0.15, -0.1) is 0 Å². The molecule has 4 atom stereocenters. The van der Waals surface area contributed by atoms with Gasteiger partial charge in [0.05, 0.1) is 6.61 Å². The van der Waals surface area contributed by atoms with Gasteiger partial charge in [0.2, 0.25) is 6.33 Å². The molecule has 154 valence electrons. The second-order valence-corrected chi connectivity index (χ2v) is 7.79. The third-order valence-electron chi connectivity index (χ3n) is 4.57. The molecular formula is C15H16N5O8S+. The van der Waals surface area contributed by atoms with Crippen LogP contribution in [0.3, 0.4) is 0 Å². The highest BCUT2D eigenvalue weighted by Gasteiger charge is 2.42. The number of aromatic nitrogens is 4. The molecule has 1 aliphatic heterocycles. The Labute approximate surface area is 162 Å². The Morgan fingerprint density at radius 1 is 1.24 bits per heavy atom. The number of fused-ring (bicyclic) bond motifs is 3. The molecule has 4 unspecified atom stereocenters. The van der Waals surface area contributed by atoms with Gasteiger partial charge in [0, 0.05) is 0 Å².